The van der Waals surface area contributed by atoms with Gasteiger partial charge in [-0.3, -0.25) is 14.3 Å². The third kappa shape index (κ3) is 4.72. The number of carbonyl (C=O) groups excluding carboxylic acids is 2. The Balaban J connectivity index is 1.89. The van der Waals surface area contributed by atoms with Crippen molar-refractivity contribution < 1.29 is 22.4 Å². The minimum atomic E-state index is -4.11. The number of para-hydroxylation sites is 1. The standard InChI is InChI=1S/C22H19FN2O4S/c1-14-10-11-18(30(28,29)25-21-9-4-3-8-20(21)23)13-19(14)22(27)24-17-7-5-6-16(12-17)15(2)26/h3-13,25H,1-2H3,(H,24,27). The highest BCUT2D eigenvalue weighted by Crippen LogP contribution is 2.22. The van der Waals surface area contributed by atoms with Crippen LogP contribution in [0.4, 0.5) is 15.8 Å². The average Bonchev–Trinajstić information content (AvgIpc) is 2.70. The Morgan fingerprint density at radius 3 is 2.37 bits per heavy atom. The van der Waals surface area contributed by atoms with E-state index in [0.29, 0.717) is 16.8 Å². The summed E-state index contributed by atoms with van der Waals surface area (Å²) in [5.41, 5.74) is 1.35. The minimum absolute atomic E-state index is 0.139. The molecule has 8 heteroatoms. The highest BCUT2D eigenvalue weighted by atomic mass is 32.2. The van der Waals surface area contributed by atoms with E-state index in [-0.39, 0.29) is 21.9 Å². The second-order valence-electron chi connectivity index (χ2n) is 6.65. The van der Waals surface area contributed by atoms with E-state index >= 15 is 0 Å². The van der Waals surface area contributed by atoms with Crippen molar-refractivity contribution in [2.24, 2.45) is 0 Å². The summed E-state index contributed by atoms with van der Waals surface area (Å²) in [4.78, 5) is 24.1. The summed E-state index contributed by atoms with van der Waals surface area (Å²) >= 11 is 0. The molecule has 0 aliphatic rings. The smallest absolute Gasteiger partial charge is 0.262 e. The first kappa shape index (κ1) is 21.2. The van der Waals surface area contributed by atoms with Crippen LogP contribution >= 0.6 is 0 Å². The second-order valence-corrected chi connectivity index (χ2v) is 8.34. The van der Waals surface area contributed by atoms with E-state index in [9.17, 15) is 22.4 Å². The van der Waals surface area contributed by atoms with Gasteiger partial charge in [-0.2, -0.15) is 0 Å². The van der Waals surface area contributed by atoms with Gasteiger partial charge in [0.2, 0.25) is 0 Å². The molecule has 1 amide bonds. The van der Waals surface area contributed by atoms with Crippen LogP contribution in [0.5, 0.6) is 0 Å². The molecule has 0 atom stereocenters. The van der Waals surface area contributed by atoms with Gasteiger partial charge in [0, 0.05) is 16.8 Å². The summed E-state index contributed by atoms with van der Waals surface area (Å²) < 4.78 is 41.4. The van der Waals surface area contributed by atoms with Crippen molar-refractivity contribution in [1.82, 2.24) is 0 Å². The zero-order chi connectivity index (χ0) is 21.9. The first-order chi connectivity index (χ1) is 14.2. The maximum absolute atomic E-state index is 13.8. The number of hydrogen-bond acceptors (Lipinski definition) is 4. The van der Waals surface area contributed by atoms with Gasteiger partial charge >= 0.3 is 0 Å². The fourth-order valence-electron chi connectivity index (χ4n) is 2.77. The van der Waals surface area contributed by atoms with E-state index in [0.717, 1.165) is 6.07 Å². The first-order valence-electron chi connectivity index (χ1n) is 8.98. The maximum Gasteiger partial charge on any atom is 0.262 e. The third-order valence-electron chi connectivity index (χ3n) is 4.41. The van der Waals surface area contributed by atoms with Crippen molar-refractivity contribution in [1.29, 1.82) is 0 Å². The van der Waals surface area contributed by atoms with Crippen molar-refractivity contribution in [3.05, 3.63) is 89.2 Å². The van der Waals surface area contributed by atoms with Gasteiger partial charge in [-0.05, 0) is 55.8 Å². The summed E-state index contributed by atoms with van der Waals surface area (Å²) in [5, 5.41) is 2.67. The molecule has 0 saturated carbocycles. The molecule has 0 spiro atoms. The summed E-state index contributed by atoms with van der Waals surface area (Å²) in [5.74, 6) is -1.39. The van der Waals surface area contributed by atoms with Crippen molar-refractivity contribution in [3.8, 4) is 0 Å². The van der Waals surface area contributed by atoms with Gasteiger partial charge < -0.3 is 5.32 Å². The Bertz CT molecular complexity index is 1240. The molecule has 0 radical (unpaired) electrons. The number of ketones is 1. The summed E-state index contributed by atoms with van der Waals surface area (Å²) in [7, 11) is -4.11. The largest absolute Gasteiger partial charge is 0.322 e. The van der Waals surface area contributed by atoms with Crippen LogP contribution in [0.1, 0.15) is 33.2 Å². The highest BCUT2D eigenvalue weighted by Gasteiger charge is 2.19. The number of halogens is 1. The number of rotatable bonds is 6. The van der Waals surface area contributed by atoms with Crippen LogP contribution in [0.25, 0.3) is 0 Å². The molecule has 0 bridgehead atoms. The van der Waals surface area contributed by atoms with Gasteiger partial charge in [0.1, 0.15) is 5.82 Å². The van der Waals surface area contributed by atoms with Gasteiger partial charge in [-0.15, -0.1) is 0 Å². The molecule has 0 unspecified atom stereocenters. The third-order valence-corrected chi connectivity index (χ3v) is 5.77. The van der Waals surface area contributed by atoms with Crippen LogP contribution in [0, 0.1) is 12.7 Å². The molecule has 2 N–H and O–H groups in total. The molecule has 6 nitrogen and oxygen atoms in total. The fourth-order valence-corrected chi connectivity index (χ4v) is 3.87. The van der Waals surface area contributed by atoms with Crippen molar-refractivity contribution in [3.63, 3.8) is 0 Å². The van der Waals surface area contributed by atoms with E-state index < -0.39 is 21.7 Å². The topological polar surface area (TPSA) is 92.3 Å². The Morgan fingerprint density at radius 2 is 1.67 bits per heavy atom. The van der Waals surface area contributed by atoms with Crippen LogP contribution < -0.4 is 10.0 Å². The van der Waals surface area contributed by atoms with Crippen molar-refractivity contribution in [2.45, 2.75) is 18.7 Å². The molecule has 0 heterocycles. The Morgan fingerprint density at radius 1 is 0.933 bits per heavy atom. The Kier molecular flexibility index (Phi) is 5.98. The molecule has 3 aromatic carbocycles. The number of amides is 1. The molecule has 0 fully saturated rings. The van der Waals surface area contributed by atoms with Crippen molar-refractivity contribution >= 4 is 33.1 Å². The van der Waals surface area contributed by atoms with Gasteiger partial charge in [0.25, 0.3) is 15.9 Å². The fraction of sp³-hybridized carbons (Fsp3) is 0.0909. The molecule has 154 valence electrons. The average molecular weight is 426 g/mol. The second kappa shape index (κ2) is 8.46. The Hall–Kier alpha value is -3.52. The number of anilines is 2. The molecule has 0 aliphatic heterocycles. The lowest BCUT2D eigenvalue weighted by Crippen LogP contribution is -2.17. The predicted octanol–water partition coefficient (Wildman–Crippen LogP) is 4.39. The molecule has 3 rings (SSSR count). The van der Waals surface area contributed by atoms with E-state index in [1.807, 2.05) is 0 Å². The molecular formula is C22H19FN2O4S. The normalized spacial score (nSPS) is 11.0. The van der Waals surface area contributed by atoms with E-state index in [2.05, 4.69) is 10.0 Å². The number of Topliss-reactive ketones (excluding diaryl/α,β-unsaturated/α-hetero) is 1. The van der Waals surface area contributed by atoms with Gasteiger partial charge in [-0.25, -0.2) is 12.8 Å². The van der Waals surface area contributed by atoms with Crippen LogP contribution in [0.2, 0.25) is 0 Å². The molecule has 0 saturated heterocycles. The van der Waals surface area contributed by atoms with Crippen LogP contribution in [0.15, 0.2) is 71.6 Å². The predicted molar refractivity (Wildman–Crippen MR) is 113 cm³/mol. The number of sulfonamides is 1. The molecular weight excluding hydrogens is 407 g/mol. The lowest BCUT2D eigenvalue weighted by Gasteiger charge is -2.12. The first-order valence-corrected chi connectivity index (χ1v) is 10.5. The summed E-state index contributed by atoms with van der Waals surface area (Å²) in [6.45, 7) is 3.09. The number of nitrogens with one attached hydrogen (secondary N) is 2. The van der Waals surface area contributed by atoms with Crippen LogP contribution in [-0.2, 0) is 10.0 Å². The molecule has 0 aliphatic carbocycles. The summed E-state index contributed by atoms with van der Waals surface area (Å²) in [6, 6.07) is 15.9. The Labute approximate surface area is 173 Å². The molecule has 3 aromatic rings. The van der Waals surface area contributed by atoms with E-state index in [1.165, 1.54) is 49.4 Å². The van der Waals surface area contributed by atoms with Crippen molar-refractivity contribution in [2.75, 3.05) is 10.0 Å². The summed E-state index contributed by atoms with van der Waals surface area (Å²) in [6.07, 6.45) is 0. The maximum atomic E-state index is 13.8. The monoisotopic (exact) mass is 426 g/mol. The van der Waals surface area contributed by atoms with E-state index in [4.69, 9.17) is 0 Å². The SMILES string of the molecule is CC(=O)c1cccc(NC(=O)c2cc(S(=O)(=O)Nc3ccccc3F)ccc2C)c1. The van der Waals surface area contributed by atoms with Gasteiger partial charge in [0.15, 0.2) is 5.78 Å². The molecule has 30 heavy (non-hydrogen) atoms. The van der Waals surface area contributed by atoms with Crippen LogP contribution in [0.3, 0.4) is 0 Å². The number of carbonyl (C=O) groups is 2. The number of benzene rings is 3. The van der Waals surface area contributed by atoms with E-state index in [1.54, 1.807) is 25.1 Å². The minimum Gasteiger partial charge on any atom is -0.322 e. The highest BCUT2D eigenvalue weighted by molar-refractivity contribution is 7.92. The zero-order valence-electron chi connectivity index (χ0n) is 16.3. The zero-order valence-corrected chi connectivity index (χ0v) is 17.1. The quantitative estimate of drug-likeness (QED) is 0.572. The number of aryl methyl sites for hydroxylation is 1. The van der Waals surface area contributed by atoms with Gasteiger partial charge in [0.05, 0.1) is 10.6 Å². The lowest BCUT2D eigenvalue weighted by molar-refractivity contribution is 0.101. The van der Waals surface area contributed by atoms with Gasteiger partial charge in [-0.1, -0.05) is 30.3 Å². The lowest BCUT2D eigenvalue weighted by atomic mass is 10.1. The molecule has 0 aromatic heterocycles. The number of hydrogen-bond donors (Lipinski definition) is 2. The van der Waals surface area contributed by atoms with Crippen LogP contribution in [-0.4, -0.2) is 20.1 Å².